The molecule has 0 radical (unpaired) electrons. The number of carbonyl (C=O) groups is 2. The molecule has 122 valence electrons. The van der Waals surface area contributed by atoms with Crippen molar-refractivity contribution < 1.29 is 14.3 Å². The number of hydrogen-bond donors (Lipinski definition) is 2. The number of nitrogens with one attached hydrogen (secondary N) is 2. The van der Waals surface area contributed by atoms with Crippen LogP contribution in [0.4, 0.5) is 11.5 Å². The molecule has 6 nitrogen and oxygen atoms in total. The van der Waals surface area contributed by atoms with Crippen LogP contribution in [0.15, 0.2) is 34.5 Å². The average molecular weight is 380 g/mol. The minimum Gasteiger partial charge on any atom is -0.467 e. The Labute approximate surface area is 143 Å². The molecule has 23 heavy (non-hydrogen) atoms. The summed E-state index contributed by atoms with van der Waals surface area (Å²) in [6.07, 6.45) is 5.51. The predicted molar refractivity (Wildman–Crippen MR) is 92.4 cm³/mol. The van der Waals surface area contributed by atoms with Gasteiger partial charge in [0, 0.05) is 12.0 Å². The molecule has 0 saturated heterocycles. The Morgan fingerprint density at radius 1 is 1.52 bits per heavy atom. The fraction of sp³-hybridized carbons (Fsp3) is 0.312. The summed E-state index contributed by atoms with van der Waals surface area (Å²) in [7, 11) is 1.35. The molecule has 0 bridgehead atoms. The van der Waals surface area contributed by atoms with E-state index in [0.717, 1.165) is 10.0 Å². The van der Waals surface area contributed by atoms with Crippen molar-refractivity contribution in [3.8, 4) is 0 Å². The fourth-order valence-corrected chi connectivity index (χ4v) is 2.53. The first kappa shape index (κ1) is 17.2. The van der Waals surface area contributed by atoms with E-state index < -0.39 is 6.04 Å². The number of anilines is 2. The third kappa shape index (κ3) is 4.19. The molecule has 0 aromatic carbocycles. The lowest BCUT2D eigenvalue weighted by atomic mass is 10.1. The number of methoxy groups -OCH3 is 1. The number of aromatic nitrogens is 1. The number of pyridine rings is 1. The summed E-state index contributed by atoms with van der Waals surface area (Å²) in [5.41, 5.74) is 2.00. The van der Waals surface area contributed by atoms with E-state index in [-0.39, 0.29) is 11.9 Å². The molecule has 0 spiro atoms. The highest BCUT2D eigenvalue weighted by Gasteiger charge is 2.28. The summed E-state index contributed by atoms with van der Waals surface area (Å²) >= 11 is 3.31. The van der Waals surface area contributed by atoms with Crippen LogP contribution in [0, 0.1) is 0 Å². The Balaban J connectivity index is 2.12. The molecular weight excluding hydrogens is 362 g/mol. The van der Waals surface area contributed by atoms with Crippen molar-refractivity contribution in [2.75, 3.05) is 17.7 Å². The molecule has 1 aliphatic rings. The average Bonchev–Trinajstić information content (AvgIpc) is 2.94. The molecule has 1 amide bonds. The van der Waals surface area contributed by atoms with Crippen LogP contribution in [-0.4, -0.2) is 30.0 Å². The van der Waals surface area contributed by atoms with Gasteiger partial charge in [0.25, 0.3) is 5.91 Å². The van der Waals surface area contributed by atoms with Crippen molar-refractivity contribution in [3.63, 3.8) is 0 Å². The third-order valence-electron chi connectivity index (χ3n) is 3.37. The number of carbonyl (C=O) groups excluding carboxylic acids is 2. The number of fused-ring (bicyclic) bond motifs is 1. The van der Waals surface area contributed by atoms with Crippen LogP contribution in [0.25, 0.3) is 0 Å². The molecule has 2 rings (SSSR count). The summed E-state index contributed by atoms with van der Waals surface area (Å²) in [5.74, 6) is 0.0899. The zero-order valence-electron chi connectivity index (χ0n) is 13.1. The lowest BCUT2D eigenvalue weighted by Crippen LogP contribution is -2.28. The summed E-state index contributed by atoms with van der Waals surface area (Å²) in [5, 5.41) is 5.81. The largest absolute Gasteiger partial charge is 0.467 e. The first-order valence-corrected chi connectivity index (χ1v) is 7.88. The van der Waals surface area contributed by atoms with Gasteiger partial charge < -0.3 is 15.4 Å². The summed E-state index contributed by atoms with van der Waals surface area (Å²) in [6, 6.07) is 1.38. The van der Waals surface area contributed by atoms with Gasteiger partial charge in [-0.3, -0.25) is 4.79 Å². The molecule has 1 aliphatic heterocycles. The van der Waals surface area contributed by atoms with Crippen molar-refractivity contribution in [2.24, 2.45) is 0 Å². The van der Waals surface area contributed by atoms with Crippen LogP contribution in [0.3, 0.4) is 0 Å². The molecule has 0 fully saturated rings. The van der Waals surface area contributed by atoms with E-state index in [2.05, 4.69) is 31.5 Å². The van der Waals surface area contributed by atoms with Gasteiger partial charge in [-0.2, -0.15) is 0 Å². The number of allylic oxidation sites excluding steroid dienone is 2. The standard InChI is InChI=1S/C16H18BrN3O3/c1-4-10(5-9(2)17)15(21)19-12-6-11-7-13(16(22)23-3)20-14(11)18-8-12/h4-6,8,13H,7H2,1-3H3,(H,18,20)(H,19,21). The van der Waals surface area contributed by atoms with Gasteiger partial charge in [-0.1, -0.05) is 22.0 Å². The van der Waals surface area contributed by atoms with Crippen molar-refractivity contribution in [1.82, 2.24) is 4.98 Å². The van der Waals surface area contributed by atoms with Crippen LogP contribution < -0.4 is 10.6 Å². The van der Waals surface area contributed by atoms with E-state index in [1.165, 1.54) is 7.11 Å². The summed E-state index contributed by atoms with van der Waals surface area (Å²) < 4.78 is 5.58. The quantitative estimate of drug-likeness (QED) is 0.477. The van der Waals surface area contributed by atoms with Crippen molar-refractivity contribution in [1.29, 1.82) is 0 Å². The fourth-order valence-electron chi connectivity index (χ4n) is 2.28. The smallest absolute Gasteiger partial charge is 0.328 e. The number of halogens is 1. The van der Waals surface area contributed by atoms with Crippen LogP contribution >= 0.6 is 15.9 Å². The van der Waals surface area contributed by atoms with Crippen molar-refractivity contribution in [3.05, 3.63) is 40.0 Å². The Morgan fingerprint density at radius 3 is 2.87 bits per heavy atom. The number of rotatable bonds is 4. The van der Waals surface area contributed by atoms with E-state index >= 15 is 0 Å². The third-order valence-corrected chi connectivity index (χ3v) is 3.60. The van der Waals surface area contributed by atoms with Crippen LogP contribution in [0.2, 0.25) is 0 Å². The van der Waals surface area contributed by atoms with Gasteiger partial charge in [0.15, 0.2) is 0 Å². The SMILES string of the molecule is CC=C(C=C(C)Br)C(=O)Nc1cnc2c(c1)CC(C(=O)OC)N2. The Hall–Kier alpha value is -2.15. The molecule has 0 saturated carbocycles. The number of hydrogen-bond acceptors (Lipinski definition) is 5. The maximum atomic E-state index is 12.2. The van der Waals surface area contributed by atoms with Gasteiger partial charge in [-0.05, 0) is 36.0 Å². The topological polar surface area (TPSA) is 80.3 Å². The second-order valence-electron chi connectivity index (χ2n) is 5.09. The highest BCUT2D eigenvalue weighted by molar-refractivity contribution is 9.11. The number of amides is 1. The number of esters is 1. The van der Waals surface area contributed by atoms with Gasteiger partial charge in [-0.25, -0.2) is 9.78 Å². The minimum absolute atomic E-state index is 0.219. The lowest BCUT2D eigenvalue weighted by molar-refractivity contribution is -0.141. The van der Waals surface area contributed by atoms with Gasteiger partial charge >= 0.3 is 5.97 Å². The Bertz CT molecular complexity index is 694. The molecule has 0 aliphatic carbocycles. The van der Waals surface area contributed by atoms with E-state index in [0.29, 0.717) is 23.5 Å². The first-order valence-electron chi connectivity index (χ1n) is 7.09. The Morgan fingerprint density at radius 2 is 2.26 bits per heavy atom. The second-order valence-corrected chi connectivity index (χ2v) is 6.34. The normalized spacial score (nSPS) is 17.3. The lowest BCUT2D eigenvalue weighted by Gasteiger charge is -2.07. The van der Waals surface area contributed by atoms with Gasteiger partial charge in [-0.15, -0.1) is 0 Å². The zero-order chi connectivity index (χ0) is 17.0. The molecule has 1 aromatic rings. The van der Waals surface area contributed by atoms with Crippen LogP contribution in [0.1, 0.15) is 19.4 Å². The monoisotopic (exact) mass is 379 g/mol. The van der Waals surface area contributed by atoms with Crippen molar-refractivity contribution in [2.45, 2.75) is 26.3 Å². The van der Waals surface area contributed by atoms with Crippen LogP contribution in [0.5, 0.6) is 0 Å². The second kappa shape index (κ2) is 7.41. The van der Waals surface area contributed by atoms with Crippen molar-refractivity contribution >= 4 is 39.3 Å². The maximum Gasteiger partial charge on any atom is 0.328 e. The molecule has 2 heterocycles. The van der Waals surface area contributed by atoms with Gasteiger partial charge in [0.05, 0.1) is 19.0 Å². The van der Waals surface area contributed by atoms with E-state index in [4.69, 9.17) is 4.74 Å². The minimum atomic E-state index is -0.432. The zero-order valence-corrected chi connectivity index (χ0v) is 14.7. The molecule has 2 N–H and O–H groups in total. The molecule has 1 aromatic heterocycles. The molecular formula is C16H18BrN3O3. The Kier molecular flexibility index (Phi) is 5.54. The number of nitrogens with zero attached hydrogens (tertiary/aromatic N) is 1. The van der Waals surface area contributed by atoms with Gasteiger partial charge in [0.1, 0.15) is 11.9 Å². The number of ether oxygens (including phenoxy) is 1. The van der Waals surface area contributed by atoms with Gasteiger partial charge in [0.2, 0.25) is 0 Å². The maximum absolute atomic E-state index is 12.2. The van der Waals surface area contributed by atoms with E-state index in [1.54, 1.807) is 25.3 Å². The van der Waals surface area contributed by atoms with Crippen LogP contribution in [-0.2, 0) is 20.7 Å². The van der Waals surface area contributed by atoms with E-state index in [9.17, 15) is 9.59 Å². The molecule has 1 atom stereocenters. The highest BCUT2D eigenvalue weighted by atomic mass is 79.9. The first-order chi connectivity index (χ1) is 10.9. The molecule has 7 heteroatoms. The molecule has 1 unspecified atom stereocenters. The van der Waals surface area contributed by atoms with E-state index in [1.807, 2.05) is 13.0 Å². The highest BCUT2D eigenvalue weighted by Crippen LogP contribution is 2.26. The summed E-state index contributed by atoms with van der Waals surface area (Å²) in [6.45, 7) is 3.65. The summed E-state index contributed by atoms with van der Waals surface area (Å²) in [4.78, 5) is 28.1. The predicted octanol–water partition coefficient (Wildman–Crippen LogP) is 2.77.